The molecule has 1 heterocycles. The Balaban J connectivity index is 0.000000145. The molecular weight excluding hydrogens is 855 g/mol. The zero-order valence-electron chi connectivity index (χ0n) is 34.3. The second-order valence-electron chi connectivity index (χ2n) is 16.2. The van der Waals surface area contributed by atoms with E-state index in [0.29, 0.717) is 11.8 Å². The topological polar surface area (TPSA) is 0 Å². The van der Waals surface area contributed by atoms with Crippen LogP contribution in [-0.4, -0.2) is 9.52 Å². The molecule has 0 nitrogen and oxygen atoms in total. The van der Waals surface area contributed by atoms with Gasteiger partial charge in [-0.15, -0.1) is 74.6 Å². The van der Waals surface area contributed by atoms with Crippen LogP contribution in [0.3, 0.4) is 0 Å². The summed E-state index contributed by atoms with van der Waals surface area (Å²) in [4.78, 5) is 0. The first-order valence-electron chi connectivity index (χ1n) is 19.9. The standard InChI is InChI=1S/2C21H23.C12H7Si.Hf/c2*1-14(2)11-17-12-18-8-6-10-20(21(18)13-17)19-9-5-7-15(3)16(19)4;1-3-7-11-9(5-1)10-6-2-4-8-12(10)13-11;/h2*5-10,12-14H,11H2,1-4H3;1-7H;/q3*-1;. The van der Waals surface area contributed by atoms with E-state index in [0.717, 1.165) is 22.4 Å². The summed E-state index contributed by atoms with van der Waals surface area (Å²) in [5, 5.41) is 8.33. The Morgan fingerprint density at radius 2 is 0.946 bits per heavy atom. The van der Waals surface area contributed by atoms with Crippen molar-refractivity contribution in [1.29, 1.82) is 0 Å². The molecule has 8 aromatic rings. The Bertz CT molecular complexity index is 2400. The van der Waals surface area contributed by atoms with Crippen molar-refractivity contribution < 1.29 is 25.8 Å². The van der Waals surface area contributed by atoms with Gasteiger partial charge in [-0.25, -0.2) is 0 Å². The fourth-order valence-corrected chi connectivity index (χ4v) is 9.36. The van der Waals surface area contributed by atoms with E-state index in [1.54, 1.807) is 0 Å². The SMILES string of the molecule is Cc1cccc(-c2cccc3[cH-]c(CC(C)C)cc23)c1C.Cc1cccc(-c2cccc3[cH-]c(CC(C)C)cc23)c1C.[Hf].[c-]1cccc2c1[Si]c1ccccc1-2. The van der Waals surface area contributed by atoms with Crippen LogP contribution in [0, 0.1) is 45.6 Å². The van der Waals surface area contributed by atoms with Crippen molar-refractivity contribution >= 4 is 41.4 Å². The number of hydrogen-bond donors (Lipinski definition) is 0. The van der Waals surface area contributed by atoms with Crippen molar-refractivity contribution in [2.45, 2.75) is 68.2 Å². The zero-order valence-corrected chi connectivity index (χ0v) is 38.9. The molecule has 0 saturated carbocycles. The van der Waals surface area contributed by atoms with E-state index < -0.39 is 0 Å². The molecule has 0 aliphatic carbocycles. The number of hydrogen-bond acceptors (Lipinski definition) is 0. The molecule has 9 rings (SSSR count). The second-order valence-corrected chi connectivity index (χ2v) is 17.5. The Morgan fingerprint density at radius 1 is 0.500 bits per heavy atom. The van der Waals surface area contributed by atoms with Crippen LogP contribution in [0.2, 0.25) is 0 Å². The van der Waals surface area contributed by atoms with Gasteiger partial charge in [0.1, 0.15) is 0 Å². The Hall–Kier alpha value is -4.37. The van der Waals surface area contributed by atoms with E-state index in [4.69, 9.17) is 0 Å². The molecule has 0 N–H and O–H groups in total. The number of rotatable bonds is 6. The van der Waals surface area contributed by atoms with Crippen LogP contribution < -0.4 is 10.4 Å². The molecule has 1 aliphatic heterocycles. The van der Waals surface area contributed by atoms with Gasteiger partial charge in [0.05, 0.1) is 9.52 Å². The van der Waals surface area contributed by atoms with Crippen LogP contribution in [0.15, 0.2) is 140 Å². The van der Waals surface area contributed by atoms with Crippen LogP contribution in [0.4, 0.5) is 0 Å². The van der Waals surface area contributed by atoms with E-state index in [2.05, 4.69) is 195 Å². The third kappa shape index (κ3) is 9.09. The van der Waals surface area contributed by atoms with Crippen molar-refractivity contribution in [2.24, 2.45) is 11.8 Å². The van der Waals surface area contributed by atoms with Crippen LogP contribution >= 0.6 is 0 Å². The van der Waals surface area contributed by atoms with Gasteiger partial charge in [-0.05, 0) is 85.8 Å². The van der Waals surface area contributed by atoms with Gasteiger partial charge in [0.15, 0.2) is 0 Å². The molecule has 0 saturated heterocycles. The minimum atomic E-state index is 0. The van der Waals surface area contributed by atoms with Crippen molar-refractivity contribution in [3.05, 3.63) is 179 Å². The summed E-state index contributed by atoms with van der Waals surface area (Å²) in [6.07, 6.45) is 2.31. The predicted octanol–water partition coefficient (Wildman–Crippen LogP) is 13.2. The number of fused-ring (bicyclic) bond motifs is 5. The smallest absolute Gasteiger partial charge is 0.0920 e. The summed E-state index contributed by atoms with van der Waals surface area (Å²) in [5.74, 6) is 1.40. The summed E-state index contributed by atoms with van der Waals surface area (Å²) in [6, 6.07) is 54.1. The largest absolute Gasteiger partial charge is 0.184 e. The van der Waals surface area contributed by atoms with Crippen molar-refractivity contribution in [2.75, 3.05) is 0 Å². The number of benzene rings is 6. The van der Waals surface area contributed by atoms with Crippen molar-refractivity contribution in [3.8, 4) is 33.4 Å². The fraction of sp³-hybridized carbons (Fsp3) is 0.222. The van der Waals surface area contributed by atoms with Crippen LogP contribution in [0.25, 0.3) is 54.9 Å². The van der Waals surface area contributed by atoms with Gasteiger partial charge in [0, 0.05) is 25.8 Å². The van der Waals surface area contributed by atoms with E-state index >= 15 is 0 Å². The summed E-state index contributed by atoms with van der Waals surface area (Å²) in [5.41, 5.74) is 16.6. The summed E-state index contributed by atoms with van der Waals surface area (Å²) < 4.78 is 0. The van der Waals surface area contributed by atoms with Gasteiger partial charge in [-0.3, -0.25) is 0 Å². The minimum absolute atomic E-state index is 0. The molecule has 56 heavy (non-hydrogen) atoms. The molecule has 8 aromatic carbocycles. The molecule has 1 aliphatic rings. The van der Waals surface area contributed by atoms with Crippen molar-refractivity contribution in [1.82, 2.24) is 0 Å². The van der Waals surface area contributed by atoms with Gasteiger partial charge in [0.25, 0.3) is 0 Å². The second kappa shape index (κ2) is 18.3. The molecule has 0 amide bonds. The summed E-state index contributed by atoms with van der Waals surface area (Å²) >= 11 is 0. The minimum Gasteiger partial charge on any atom is -0.184 e. The molecular formula is C54H53HfSi-3. The van der Waals surface area contributed by atoms with E-state index in [-0.39, 0.29) is 25.8 Å². The first-order valence-corrected chi connectivity index (χ1v) is 20.9. The van der Waals surface area contributed by atoms with Crippen molar-refractivity contribution in [3.63, 3.8) is 0 Å². The Labute approximate surface area is 357 Å². The van der Waals surface area contributed by atoms with E-state index in [9.17, 15) is 0 Å². The Morgan fingerprint density at radius 3 is 1.46 bits per heavy atom. The zero-order chi connectivity index (χ0) is 38.6. The van der Waals surface area contributed by atoms with Crippen LogP contribution in [-0.2, 0) is 38.7 Å². The monoisotopic (exact) mass is 909 g/mol. The van der Waals surface area contributed by atoms with Gasteiger partial charge in [-0.1, -0.05) is 122 Å². The average molecular weight is 909 g/mol. The van der Waals surface area contributed by atoms with Crippen LogP contribution in [0.5, 0.6) is 0 Å². The molecule has 2 radical (unpaired) electrons. The average Bonchev–Trinajstić information content (AvgIpc) is 3.88. The van der Waals surface area contributed by atoms with Gasteiger partial charge < -0.3 is 0 Å². The Kier molecular flexibility index (Phi) is 13.5. The normalized spacial score (nSPS) is 11.5. The maximum absolute atomic E-state index is 3.31. The number of aryl methyl sites for hydroxylation is 2. The molecule has 0 aromatic heterocycles. The third-order valence-corrected chi connectivity index (χ3v) is 12.4. The maximum Gasteiger partial charge on any atom is 0.0920 e. The van der Waals surface area contributed by atoms with E-state index in [1.807, 2.05) is 6.07 Å². The molecule has 0 unspecified atom stereocenters. The molecule has 0 spiro atoms. The van der Waals surface area contributed by atoms with E-state index in [1.165, 1.54) is 98.7 Å². The molecule has 0 fully saturated rings. The summed E-state index contributed by atoms with van der Waals surface area (Å²) in [7, 11) is 0.795. The molecule has 2 heteroatoms. The first kappa shape index (κ1) is 41.3. The molecule has 280 valence electrons. The van der Waals surface area contributed by atoms with Gasteiger partial charge in [0.2, 0.25) is 0 Å². The fourth-order valence-electron chi connectivity index (χ4n) is 8.05. The third-order valence-electron chi connectivity index (χ3n) is 11.0. The van der Waals surface area contributed by atoms with Crippen LogP contribution in [0.1, 0.15) is 61.1 Å². The maximum atomic E-state index is 3.31. The van der Waals surface area contributed by atoms with Gasteiger partial charge >= 0.3 is 0 Å². The summed E-state index contributed by atoms with van der Waals surface area (Å²) in [6.45, 7) is 17.9. The first-order chi connectivity index (χ1) is 26.6. The molecule has 0 bridgehead atoms. The molecule has 0 atom stereocenters. The van der Waals surface area contributed by atoms with Gasteiger partial charge in [-0.2, -0.15) is 41.6 Å². The quantitative estimate of drug-likeness (QED) is 0.115. The predicted molar refractivity (Wildman–Crippen MR) is 242 cm³/mol.